The molecule has 1 aliphatic heterocycles. The summed E-state index contributed by atoms with van der Waals surface area (Å²) in [4.78, 5) is 22.1. The molecule has 3 N–H and O–H groups in total. The number of benzene rings is 1. The zero-order valence-electron chi connectivity index (χ0n) is 8.87. The van der Waals surface area contributed by atoms with E-state index in [1.54, 1.807) is 12.1 Å². The lowest BCUT2D eigenvalue weighted by Gasteiger charge is -2.09. The van der Waals surface area contributed by atoms with Crippen LogP contribution in [-0.2, 0) is 11.2 Å². The molecule has 0 saturated heterocycles. The SMILES string of the molecule is CC(=O)Nc1ccc(C(N)=O)c2c1CCO2. The number of nitrogens with two attached hydrogens (primary N) is 1. The molecule has 5 heteroatoms. The molecule has 0 aromatic heterocycles. The van der Waals surface area contributed by atoms with Crippen molar-refractivity contribution >= 4 is 17.5 Å². The fraction of sp³-hybridized carbons (Fsp3) is 0.273. The Morgan fingerprint density at radius 3 is 2.81 bits per heavy atom. The van der Waals surface area contributed by atoms with Crippen molar-refractivity contribution in [1.82, 2.24) is 0 Å². The number of nitrogens with one attached hydrogen (secondary N) is 1. The fourth-order valence-electron chi connectivity index (χ4n) is 1.80. The van der Waals surface area contributed by atoms with Crippen LogP contribution in [0, 0.1) is 0 Å². The Morgan fingerprint density at radius 2 is 2.19 bits per heavy atom. The molecule has 1 aliphatic rings. The predicted octanol–water partition coefficient (Wildman–Crippen LogP) is 0.679. The van der Waals surface area contributed by atoms with Gasteiger partial charge in [0.1, 0.15) is 5.75 Å². The molecule has 0 radical (unpaired) electrons. The van der Waals surface area contributed by atoms with Gasteiger partial charge in [0, 0.05) is 24.6 Å². The molecule has 2 rings (SSSR count). The fourth-order valence-corrected chi connectivity index (χ4v) is 1.80. The van der Waals surface area contributed by atoms with Crippen molar-refractivity contribution in [2.45, 2.75) is 13.3 Å². The summed E-state index contributed by atoms with van der Waals surface area (Å²) in [5.74, 6) is -0.174. The minimum absolute atomic E-state index is 0.152. The summed E-state index contributed by atoms with van der Waals surface area (Å²) in [7, 11) is 0. The maximum Gasteiger partial charge on any atom is 0.252 e. The Hall–Kier alpha value is -2.04. The van der Waals surface area contributed by atoms with E-state index < -0.39 is 5.91 Å². The van der Waals surface area contributed by atoms with Crippen LogP contribution >= 0.6 is 0 Å². The Balaban J connectivity index is 2.48. The molecule has 0 bridgehead atoms. The Kier molecular flexibility index (Phi) is 2.52. The summed E-state index contributed by atoms with van der Waals surface area (Å²) in [6.45, 7) is 1.94. The van der Waals surface area contributed by atoms with E-state index in [4.69, 9.17) is 10.5 Å². The maximum atomic E-state index is 11.1. The Bertz CT molecular complexity index is 469. The first-order chi connectivity index (χ1) is 7.59. The molecule has 0 atom stereocenters. The van der Waals surface area contributed by atoms with Crippen LogP contribution in [0.1, 0.15) is 22.8 Å². The highest BCUT2D eigenvalue weighted by molar-refractivity contribution is 5.98. The van der Waals surface area contributed by atoms with Gasteiger partial charge in [-0.3, -0.25) is 9.59 Å². The summed E-state index contributed by atoms with van der Waals surface area (Å²) in [5, 5.41) is 2.70. The second-order valence-corrected chi connectivity index (χ2v) is 3.61. The van der Waals surface area contributed by atoms with Crippen LogP contribution in [0.3, 0.4) is 0 Å². The average Bonchev–Trinajstić information content (AvgIpc) is 2.65. The van der Waals surface area contributed by atoms with E-state index in [1.165, 1.54) is 6.92 Å². The van der Waals surface area contributed by atoms with Crippen LogP contribution in [-0.4, -0.2) is 18.4 Å². The number of hydrogen-bond donors (Lipinski definition) is 2. The molecule has 84 valence electrons. The second kappa shape index (κ2) is 3.84. The molecule has 5 nitrogen and oxygen atoms in total. The number of fused-ring (bicyclic) bond motifs is 1. The van der Waals surface area contributed by atoms with Crippen molar-refractivity contribution in [3.63, 3.8) is 0 Å². The molecule has 1 heterocycles. The maximum absolute atomic E-state index is 11.1. The van der Waals surface area contributed by atoms with Crippen LogP contribution in [0.4, 0.5) is 5.69 Å². The van der Waals surface area contributed by atoms with Gasteiger partial charge in [0.25, 0.3) is 5.91 Å². The quantitative estimate of drug-likeness (QED) is 0.768. The third-order valence-corrected chi connectivity index (χ3v) is 2.44. The van der Waals surface area contributed by atoms with Crippen molar-refractivity contribution in [2.75, 3.05) is 11.9 Å². The van der Waals surface area contributed by atoms with Gasteiger partial charge in [0.2, 0.25) is 5.91 Å². The molecule has 0 spiro atoms. The number of carbonyl (C=O) groups excluding carboxylic acids is 2. The molecule has 16 heavy (non-hydrogen) atoms. The van der Waals surface area contributed by atoms with Crippen LogP contribution in [0.25, 0.3) is 0 Å². The van der Waals surface area contributed by atoms with Crippen LogP contribution in [0.5, 0.6) is 5.75 Å². The molecule has 2 amide bonds. The molecular weight excluding hydrogens is 208 g/mol. The summed E-state index contributed by atoms with van der Waals surface area (Å²) in [6.07, 6.45) is 0.673. The first-order valence-electron chi connectivity index (χ1n) is 4.95. The third kappa shape index (κ3) is 1.71. The highest BCUT2D eigenvalue weighted by atomic mass is 16.5. The number of anilines is 1. The van der Waals surface area contributed by atoms with Gasteiger partial charge < -0.3 is 15.8 Å². The summed E-state index contributed by atoms with van der Waals surface area (Å²) < 4.78 is 5.36. The average molecular weight is 220 g/mol. The van der Waals surface area contributed by atoms with E-state index in [2.05, 4.69) is 5.32 Å². The largest absolute Gasteiger partial charge is 0.492 e. The van der Waals surface area contributed by atoms with Gasteiger partial charge in [-0.1, -0.05) is 0 Å². The summed E-state index contributed by atoms with van der Waals surface area (Å²) in [5.41, 5.74) is 7.12. The van der Waals surface area contributed by atoms with Gasteiger partial charge in [0.15, 0.2) is 0 Å². The third-order valence-electron chi connectivity index (χ3n) is 2.44. The standard InChI is InChI=1S/C11H12N2O3/c1-6(14)13-9-3-2-8(11(12)15)10-7(9)4-5-16-10/h2-3H,4-5H2,1H3,(H2,12,15)(H,13,14). The molecule has 0 fully saturated rings. The van der Waals surface area contributed by atoms with Crippen molar-refractivity contribution in [2.24, 2.45) is 5.73 Å². The van der Waals surface area contributed by atoms with E-state index in [0.717, 1.165) is 5.56 Å². The summed E-state index contributed by atoms with van der Waals surface area (Å²) in [6, 6.07) is 3.24. The first kappa shape index (κ1) is 10.5. The second-order valence-electron chi connectivity index (χ2n) is 3.61. The van der Waals surface area contributed by atoms with E-state index >= 15 is 0 Å². The minimum atomic E-state index is -0.521. The van der Waals surface area contributed by atoms with Crippen molar-refractivity contribution < 1.29 is 14.3 Å². The lowest BCUT2D eigenvalue weighted by molar-refractivity contribution is -0.114. The molecule has 0 saturated carbocycles. The van der Waals surface area contributed by atoms with Crippen LogP contribution in [0.15, 0.2) is 12.1 Å². The smallest absolute Gasteiger partial charge is 0.252 e. The Morgan fingerprint density at radius 1 is 1.44 bits per heavy atom. The van der Waals surface area contributed by atoms with Gasteiger partial charge in [-0.05, 0) is 12.1 Å². The van der Waals surface area contributed by atoms with Gasteiger partial charge in [-0.15, -0.1) is 0 Å². The number of hydrogen-bond acceptors (Lipinski definition) is 3. The molecule has 1 aromatic carbocycles. The monoisotopic (exact) mass is 220 g/mol. The molecular formula is C11H12N2O3. The van der Waals surface area contributed by atoms with Gasteiger partial charge in [-0.2, -0.15) is 0 Å². The van der Waals surface area contributed by atoms with E-state index in [1.807, 2.05) is 0 Å². The number of amides is 2. The number of carbonyl (C=O) groups is 2. The normalized spacial score (nSPS) is 12.8. The molecule has 0 unspecified atom stereocenters. The van der Waals surface area contributed by atoms with Crippen molar-refractivity contribution in [1.29, 1.82) is 0 Å². The Labute approximate surface area is 92.6 Å². The molecule has 0 aliphatic carbocycles. The van der Waals surface area contributed by atoms with Crippen molar-refractivity contribution in [3.05, 3.63) is 23.3 Å². The van der Waals surface area contributed by atoms with Gasteiger partial charge in [0.05, 0.1) is 12.2 Å². The molecule has 1 aromatic rings. The number of rotatable bonds is 2. The highest BCUT2D eigenvalue weighted by Crippen LogP contribution is 2.35. The zero-order valence-corrected chi connectivity index (χ0v) is 8.87. The van der Waals surface area contributed by atoms with Crippen molar-refractivity contribution in [3.8, 4) is 5.75 Å². The van der Waals surface area contributed by atoms with Crippen LogP contribution < -0.4 is 15.8 Å². The summed E-state index contributed by atoms with van der Waals surface area (Å²) >= 11 is 0. The predicted molar refractivity (Wildman–Crippen MR) is 58.5 cm³/mol. The minimum Gasteiger partial charge on any atom is -0.492 e. The zero-order chi connectivity index (χ0) is 11.7. The highest BCUT2D eigenvalue weighted by Gasteiger charge is 2.22. The van der Waals surface area contributed by atoms with E-state index in [-0.39, 0.29) is 5.91 Å². The lowest BCUT2D eigenvalue weighted by atomic mass is 10.1. The van der Waals surface area contributed by atoms with Gasteiger partial charge in [-0.25, -0.2) is 0 Å². The topological polar surface area (TPSA) is 81.4 Å². The lowest BCUT2D eigenvalue weighted by Crippen LogP contribution is -2.13. The van der Waals surface area contributed by atoms with E-state index in [9.17, 15) is 9.59 Å². The van der Waals surface area contributed by atoms with E-state index in [0.29, 0.717) is 30.0 Å². The number of primary amides is 1. The van der Waals surface area contributed by atoms with Gasteiger partial charge >= 0.3 is 0 Å². The number of ether oxygens (including phenoxy) is 1. The van der Waals surface area contributed by atoms with Crippen LogP contribution in [0.2, 0.25) is 0 Å². The first-order valence-corrected chi connectivity index (χ1v) is 4.95.